The minimum atomic E-state index is -0.765. The van der Waals surface area contributed by atoms with Crippen LogP contribution < -0.4 is 10.9 Å². The van der Waals surface area contributed by atoms with Gasteiger partial charge in [-0.05, 0) is 17.5 Å². The van der Waals surface area contributed by atoms with E-state index in [4.69, 9.17) is 0 Å². The van der Waals surface area contributed by atoms with Crippen LogP contribution in [0.3, 0.4) is 0 Å². The van der Waals surface area contributed by atoms with E-state index in [0.717, 1.165) is 0 Å². The Morgan fingerprint density at radius 2 is 2.11 bits per heavy atom. The Kier molecular flexibility index (Phi) is 3.05. The number of nitrogens with one attached hydrogen (secondary N) is 2. The fourth-order valence-corrected chi connectivity index (χ4v) is 1.55. The third kappa shape index (κ3) is 2.34. The molecule has 0 fully saturated rings. The molecule has 2 rings (SSSR count). The summed E-state index contributed by atoms with van der Waals surface area (Å²) in [5.41, 5.74) is -0.113. The highest BCUT2D eigenvalue weighted by Crippen LogP contribution is 2.09. The molecule has 1 heterocycles. The molecule has 92 valence electrons. The van der Waals surface area contributed by atoms with Crippen LogP contribution >= 0.6 is 0 Å². The minimum Gasteiger partial charge on any atom is -0.321 e. The molecule has 7 nitrogen and oxygen atoms in total. The summed E-state index contributed by atoms with van der Waals surface area (Å²) in [6.45, 7) is -0.717. The van der Waals surface area contributed by atoms with Crippen LogP contribution in [0.2, 0.25) is 0 Å². The number of aromatic amines is 1. The Bertz CT molecular complexity index is 677. The van der Waals surface area contributed by atoms with Crippen LogP contribution in [0.15, 0.2) is 35.1 Å². The molecule has 18 heavy (non-hydrogen) atoms. The summed E-state index contributed by atoms with van der Waals surface area (Å²) in [7, 11) is 0. The molecular weight excluding hydrogens is 238 g/mol. The Labute approximate surface area is 101 Å². The number of aromatic nitrogens is 1. The maximum atomic E-state index is 11.6. The van der Waals surface area contributed by atoms with Crippen molar-refractivity contribution in [2.24, 2.45) is 0 Å². The number of carbonyl (C=O) groups excluding carboxylic acids is 1. The molecule has 0 saturated heterocycles. The second-order valence-corrected chi connectivity index (χ2v) is 3.60. The summed E-state index contributed by atoms with van der Waals surface area (Å²) in [5, 5.41) is 12.9. The van der Waals surface area contributed by atoms with Gasteiger partial charge >= 0.3 is 0 Å². The number of hydrogen-bond acceptors (Lipinski definition) is 4. The van der Waals surface area contributed by atoms with Crippen molar-refractivity contribution < 1.29 is 9.72 Å². The number of H-pyrrole nitrogens is 1. The van der Waals surface area contributed by atoms with Gasteiger partial charge in [0.15, 0.2) is 0 Å². The van der Waals surface area contributed by atoms with Crippen LogP contribution in [0.4, 0.5) is 0 Å². The van der Waals surface area contributed by atoms with E-state index in [2.05, 4.69) is 4.98 Å². The quantitative estimate of drug-likeness (QED) is 0.467. The largest absolute Gasteiger partial charge is 0.321 e. The van der Waals surface area contributed by atoms with Gasteiger partial charge in [-0.25, -0.2) is 0 Å². The lowest BCUT2D eigenvalue weighted by atomic mass is 10.1. The molecule has 0 unspecified atom stereocenters. The molecule has 0 aliphatic carbocycles. The van der Waals surface area contributed by atoms with E-state index >= 15 is 0 Å². The van der Waals surface area contributed by atoms with Crippen molar-refractivity contribution in [3.63, 3.8) is 0 Å². The second-order valence-electron chi connectivity index (χ2n) is 3.60. The summed E-state index contributed by atoms with van der Waals surface area (Å²) >= 11 is 0. The van der Waals surface area contributed by atoms with E-state index in [1.165, 1.54) is 6.07 Å². The van der Waals surface area contributed by atoms with Crippen molar-refractivity contribution in [2.75, 3.05) is 6.67 Å². The van der Waals surface area contributed by atoms with Gasteiger partial charge in [0.1, 0.15) is 5.56 Å². The van der Waals surface area contributed by atoms with Gasteiger partial charge in [-0.15, -0.1) is 0 Å². The highest BCUT2D eigenvalue weighted by atomic mass is 16.6. The van der Waals surface area contributed by atoms with Crippen molar-refractivity contribution >= 4 is 16.8 Å². The normalized spacial score (nSPS) is 10.2. The molecule has 0 bridgehead atoms. The molecule has 2 aromatic rings. The van der Waals surface area contributed by atoms with Crippen molar-refractivity contribution in [3.05, 3.63) is 56.4 Å². The maximum Gasteiger partial charge on any atom is 0.277 e. The number of hydrogen-bond donors (Lipinski definition) is 2. The first-order valence-corrected chi connectivity index (χ1v) is 5.10. The van der Waals surface area contributed by atoms with Gasteiger partial charge in [0, 0.05) is 10.4 Å². The number of para-hydroxylation sites is 1. The van der Waals surface area contributed by atoms with Crippen molar-refractivity contribution in [2.45, 2.75) is 0 Å². The minimum absolute atomic E-state index is 0.143. The first kappa shape index (κ1) is 11.8. The van der Waals surface area contributed by atoms with Gasteiger partial charge in [0.2, 0.25) is 0 Å². The predicted molar refractivity (Wildman–Crippen MR) is 63.9 cm³/mol. The smallest absolute Gasteiger partial charge is 0.277 e. The van der Waals surface area contributed by atoms with Crippen LogP contribution in [-0.4, -0.2) is 22.5 Å². The maximum absolute atomic E-state index is 11.6. The van der Waals surface area contributed by atoms with E-state index in [9.17, 15) is 19.7 Å². The molecule has 0 spiro atoms. The number of benzene rings is 1. The van der Waals surface area contributed by atoms with E-state index in [0.29, 0.717) is 10.9 Å². The summed E-state index contributed by atoms with van der Waals surface area (Å²) in [6, 6.07) is 8.36. The van der Waals surface area contributed by atoms with E-state index in [-0.39, 0.29) is 5.56 Å². The molecule has 1 amide bonds. The average molecular weight is 247 g/mol. The zero-order valence-corrected chi connectivity index (χ0v) is 9.17. The van der Waals surface area contributed by atoms with Crippen molar-refractivity contribution in [1.29, 1.82) is 0 Å². The summed E-state index contributed by atoms with van der Waals surface area (Å²) < 4.78 is 0. The Balaban J connectivity index is 2.38. The number of fused-ring (bicyclic) bond motifs is 1. The fraction of sp³-hybridized carbons (Fsp3) is 0.0909. The van der Waals surface area contributed by atoms with Crippen molar-refractivity contribution in [1.82, 2.24) is 10.3 Å². The predicted octanol–water partition coefficient (Wildman–Crippen LogP) is 0.492. The number of amides is 1. The van der Waals surface area contributed by atoms with Crippen LogP contribution in [-0.2, 0) is 0 Å². The molecule has 0 aliphatic heterocycles. The lowest BCUT2D eigenvalue weighted by Gasteiger charge is -2.02. The van der Waals surface area contributed by atoms with Gasteiger partial charge in [-0.2, -0.15) is 0 Å². The number of nitrogens with zero attached hydrogens (tertiary/aromatic N) is 1. The number of pyridine rings is 1. The van der Waals surface area contributed by atoms with Gasteiger partial charge in [0.05, 0.1) is 0 Å². The van der Waals surface area contributed by atoms with Crippen LogP contribution in [0, 0.1) is 10.1 Å². The van der Waals surface area contributed by atoms with Gasteiger partial charge < -0.3 is 4.98 Å². The molecule has 1 aromatic carbocycles. The van der Waals surface area contributed by atoms with E-state index in [1.807, 2.05) is 5.32 Å². The Morgan fingerprint density at radius 1 is 1.39 bits per heavy atom. The summed E-state index contributed by atoms with van der Waals surface area (Å²) in [6.07, 6.45) is 0. The molecular formula is C11H9N3O4. The average Bonchev–Trinajstić information content (AvgIpc) is 2.35. The number of nitro groups is 1. The molecule has 1 aromatic heterocycles. The lowest BCUT2D eigenvalue weighted by molar-refractivity contribution is -0.483. The monoisotopic (exact) mass is 247 g/mol. The standard InChI is InChI=1S/C11H9N3O4/c15-10(12-6-14(17)18)8-5-7-3-1-2-4-9(7)13-11(8)16/h1-5H,6H2,(H,12,15)(H,13,16). The van der Waals surface area contributed by atoms with Crippen molar-refractivity contribution in [3.8, 4) is 0 Å². The number of carbonyl (C=O) groups is 1. The highest BCUT2D eigenvalue weighted by molar-refractivity contribution is 5.97. The highest BCUT2D eigenvalue weighted by Gasteiger charge is 2.12. The van der Waals surface area contributed by atoms with Gasteiger partial charge in [-0.3, -0.25) is 25.0 Å². The van der Waals surface area contributed by atoms with E-state index in [1.54, 1.807) is 24.3 Å². The van der Waals surface area contributed by atoms with Crippen LogP contribution in [0.1, 0.15) is 10.4 Å². The second kappa shape index (κ2) is 4.66. The Hall–Kier alpha value is -2.70. The summed E-state index contributed by atoms with van der Waals surface area (Å²) in [5.74, 6) is -0.765. The molecule has 2 N–H and O–H groups in total. The molecule has 0 radical (unpaired) electrons. The Morgan fingerprint density at radius 3 is 2.83 bits per heavy atom. The first-order valence-electron chi connectivity index (χ1n) is 5.10. The van der Waals surface area contributed by atoms with E-state index < -0.39 is 23.1 Å². The fourth-order valence-electron chi connectivity index (χ4n) is 1.55. The molecule has 0 aliphatic rings. The first-order chi connectivity index (χ1) is 8.58. The zero-order valence-electron chi connectivity index (χ0n) is 9.17. The lowest BCUT2D eigenvalue weighted by Crippen LogP contribution is -2.33. The molecule has 0 saturated carbocycles. The van der Waals surface area contributed by atoms with Gasteiger partial charge in [-0.1, -0.05) is 18.2 Å². The van der Waals surface area contributed by atoms with Gasteiger partial charge in [0.25, 0.3) is 18.1 Å². The molecule has 7 heteroatoms. The summed E-state index contributed by atoms with van der Waals surface area (Å²) in [4.78, 5) is 35.2. The zero-order chi connectivity index (χ0) is 13.1. The van der Waals surface area contributed by atoms with Crippen LogP contribution in [0.5, 0.6) is 0 Å². The SMILES string of the molecule is O=C(NC[N+](=O)[O-])c1cc2ccccc2[nH]c1=O. The topological polar surface area (TPSA) is 105 Å². The molecule has 0 atom stereocenters. The van der Waals surface area contributed by atoms with Crippen LogP contribution in [0.25, 0.3) is 10.9 Å². The third-order valence-corrected chi connectivity index (χ3v) is 2.37. The third-order valence-electron chi connectivity index (χ3n) is 2.37. The number of rotatable bonds is 3.